The van der Waals surface area contributed by atoms with Crippen molar-refractivity contribution in [3.63, 3.8) is 0 Å². The van der Waals surface area contributed by atoms with Crippen LogP contribution in [0.1, 0.15) is 52.4 Å². The van der Waals surface area contributed by atoms with Crippen LogP contribution in [0.5, 0.6) is 0 Å². The van der Waals surface area contributed by atoms with Crippen LogP contribution in [0.15, 0.2) is 25.3 Å². The van der Waals surface area contributed by atoms with Crippen molar-refractivity contribution in [1.82, 2.24) is 10.6 Å². The minimum atomic E-state index is -0.550. The van der Waals surface area contributed by atoms with Crippen LogP contribution < -0.4 is 10.6 Å². The molecule has 0 heterocycles. The molecule has 2 saturated carbocycles. The molecular formula is C26H40N2O8. The van der Waals surface area contributed by atoms with E-state index in [4.69, 9.17) is 18.9 Å². The van der Waals surface area contributed by atoms with Crippen LogP contribution in [0.25, 0.3) is 0 Å². The number of ether oxygens (including phenoxy) is 4. The molecule has 0 radical (unpaired) electrons. The Balaban J connectivity index is 1.69. The molecule has 2 N–H and O–H groups in total. The largest absolute Gasteiger partial charge is 0.459 e. The Hall–Kier alpha value is -3.04. The molecule has 10 heteroatoms. The number of rotatable bonds is 15. The normalized spacial score (nSPS) is 23.6. The minimum Gasteiger partial charge on any atom is -0.459 e. The zero-order valence-electron chi connectivity index (χ0n) is 21.4. The highest BCUT2D eigenvalue weighted by Gasteiger charge is 2.47. The molecule has 0 spiro atoms. The first-order chi connectivity index (χ1) is 17.3. The maximum Gasteiger partial charge on any atom is 0.407 e. The Morgan fingerprint density at radius 3 is 1.97 bits per heavy atom. The van der Waals surface area contributed by atoms with Gasteiger partial charge in [0, 0.05) is 25.2 Å². The van der Waals surface area contributed by atoms with Crippen molar-refractivity contribution in [2.45, 2.75) is 64.6 Å². The SMILES string of the molecule is C=CC(=O)OCC(CC)OC(=O)NCCC1C2CCC1C(CNC(=O)OC(CC)COC(=O)C=C)C2. The molecule has 2 aliphatic carbocycles. The van der Waals surface area contributed by atoms with E-state index in [0.717, 1.165) is 31.4 Å². The summed E-state index contributed by atoms with van der Waals surface area (Å²) in [5.41, 5.74) is 0. The molecule has 2 fully saturated rings. The maximum atomic E-state index is 12.2. The fourth-order valence-electron chi connectivity index (χ4n) is 5.19. The molecule has 6 atom stereocenters. The molecule has 6 unspecified atom stereocenters. The number of fused-ring (bicyclic) bond motifs is 2. The molecule has 202 valence electrons. The molecule has 0 saturated heterocycles. The summed E-state index contributed by atoms with van der Waals surface area (Å²) in [6.45, 7) is 11.4. The van der Waals surface area contributed by atoms with Crippen LogP contribution in [0.4, 0.5) is 9.59 Å². The number of carbonyl (C=O) groups excluding carboxylic acids is 4. The minimum absolute atomic E-state index is 0.000611. The first-order valence-electron chi connectivity index (χ1n) is 12.8. The number of alkyl carbamates (subject to hydrolysis) is 2. The number of hydrogen-bond donors (Lipinski definition) is 2. The Labute approximate surface area is 213 Å². The monoisotopic (exact) mass is 508 g/mol. The molecule has 0 aliphatic heterocycles. The van der Waals surface area contributed by atoms with Crippen LogP contribution in [0, 0.1) is 23.7 Å². The summed E-state index contributed by atoms with van der Waals surface area (Å²) in [5, 5.41) is 5.68. The van der Waals surface area contributed by atoms with Gasteiger partial charge >= 0.3 is 24.1 Å². The van der Waals surface area contributed by atoms with Crippen LogP contribution in [0.3, 0.4) is 0 Å². The molecular weight excluding hydrogens is 468 g/mol. The molecule has 10 nitrogen and oxygen atoms in total. The second-order valence-electron chi connectivity index (χ2n) is 9.30. The van der Waals surface area contributed by atoms with Crippen molar-refractivity contribution in [1.29, 1.82) is 0 Å². The van der Waals surface area contributed by atoms with Crippen molar-refractivity contribution in [3.8, 4) is 0 Å². The van der Waals surface area contributed by atoms with Gasteiger partial charge in [0.15, 0.2) is 0 Å². The fraction of sp³-hybridized carbons (Fsp3) is 0.692. The number of hydrogen-bond acceptors (Lipinski definition) is 8. The quantitative estimate of drug-likeness (QED) is 0.195. The second kappa shape index (κ2) is 15.2. The lowest BCUT2D eigenvalue weighted by atomic mass is 9.87. The van der Waals surface area contributed by atoms with E-state index in [2.05, 4.69) is 23.8 Å². The zero-order chi connectivity index (χ0) is 26.5. The van der Waals surface area contributed by atoms with Crippen molar-refractivity contribution in [2.75, 3.05) is 26.3 Å². The van der Waals surface area contributed by atoms with Gasteiger partial charge in [-0.1, -0.05) is 27.0 Å². The van der Waals surface area contributed by atoms with Gasteiger partial charge in [0.1, 0.15) is 25.4 Å². The predicted molar refractivity (Wildman–Crippen MR) is 132 cm³/mol. The third-order valence-corrected chi connectivity index (χ3v) is 7.11. The average Bonchev–Trinajstić information content (AvgIpc) is 3.43. The van der Waals surface area contributed by atoms with Crippen molar-refractivity contribution < 1.29 is 38.1 Å². The third kappa shape index (κ3) is 9.20. The smallest absolute Gasteiger partial charge is 0.407 e. The molecule has 2 aliphatic rings. The van der Waals surface area contributed by atoms with Gasteiger partial charge in [0.2, 0.25) is 0 Å². The van der Waals surface area contributed by atoms with E-state index in [1.807, 2.05) is 13.8 Å². The molecule has 0 aromatic heterocycles. The van der Waals surface area contributed by atoms with Gasteiger partial charge in [0.05, 0.1) is 0 Å². The van der Waals surface area contributed by atoms with E-state index in [-0.39, 0.29) is 13.2 Å². The van der Waals surface area contributed by atoms with Crippen molar-refractivity contribution >= 4 is 24.1 Å². The molecule has 2 amide bonds. The van der Waals surface area contributed by atoms with Gasteiger partial charge in [0.25, 0.3) is 0 Å². The molecule has 0 aromatic carbocycles. The molecule has 2 bridgehead atoms. The number of carbonyl (C=O) groups is 4. The molecule has 2 rings (SSSR count). The summed E-state index contributed by atoms with van der Waals surface area (Å²) >= 11 is 0. The summed E-state index contributed by atoms with van der Waals surface area (Å²) in [7, 11) is 0. The lowest BCUT2D eigenvalue weighted by Gasteiger charge is -2.23. The van der Waals surface area contributed by atoms with Crippen molar-refractivity contribution in [3.05, 3.63) is 25.3 Å². The zero-order valence-corrected chi connectivity index (χ0v) is 21.4. The highest BCUT2D eigenvalue weighted by Crippen LogP contribution is 2.53. The fourth-order valence-corrected chi connectivity index (χ4v) is 5.19. The van der Waals surface area contributed by atoms with Gasteiger partial charge in [-0.05, 0) is 62.2 Å². The van der Waals surface area contributed by atoms with Crippen LogP contribution in [-0.4, -0.2) is 62.6 Å². The highest BCUT2D eigenvalue weighted by atomic mass is 16.6. The van der Waals surface area contributed by atoms with E-state index in [0.29, 0.717) is 49.6 Å². The summed E-state index contributed by atoms with van der Waals surface area (Å²) < 4.78 is 20.6. The number of amides is 2. The van der Waals surface area contributed by atoms with E-state index in [1.165, 1.54) is 6.42 Å². The van der Waals surface area contributed by atoms with Gasteiger partial charge < -0.3 is 29.6 Å². The third-order valence-electron chi connectivity index (χ3n) is 7.11. The van der Waals surface area contributed by atoms with E-state index in [1.54, 1.807) is 0 Å². The second-order valence-corrected chi connectivity index (χ2v) is 9.30. The molecule has 36 heavy (non-hydrogen) atoms. The predicted octanol–water partition coefficient (Wildman–Crippen LogP) is 3.51. The summed E-state index contributed by atoms with van der Waals surface area (Å²) in [5.74, 6) is 0.837. The number of esters is 2. The van der Waals surface area contributed by atoms with Crippen LogP contribution >= 0.6 is 0 Å². The van der Waals surface area contributed by atoms with Gasteiger partial charge in [-0.3, -0.25) is 0 Å². The summed E-state index contributed by atoms with van der Waals surface area (Å²) in [6, 6.07) is 0. The van der Waals surface area contributed by atoms with Gasteiger partial charge in [-0.15, -0.1) is 0 Å². The Morgan fingerprint density at radius 2 is 1.44 bits per heavy atom. The number of nitrogens with one attached hydrogen (secondary N) is 2. The highest BCUT2D eigenvalue weighted by molar-refractivity contribution is 5.81. The standard InChI is InChI=1S/C26H40N2O8/c1-5-19(15-33-23(29)7-3)35-25(31)27-12-11-22-17-9-10-21(22)18(13-17)14-28-26(32)36-20(6-2)16-34-24(30)8-4/h7-8,17-22H,3-6,9-16H2,1-2H3,(H,27,31)(H,28,32). The average molecular weight is 509 g/mol. The topological polar surface area (TPSA) is 129 Å². The first-order valence-corrected chi connectivity index (χ1v) is 12.8. The van der Waals surface area contributed by atoms with Gasteiger partial charge in [-0.25, -0.2) is 19.2 Å². The Kier molecular flexibility index (Phi) is 12.3. The van der Waals surface area contributed by atoms with Gasteiger partial charge in [-0.2, -0.15) is 0 Å². The lowest BCUT2D eigenvalue weighted by Crippen LogP contribution is -2.36. The first kappa shape index (κ1) is 29.2. The summed E-state index contributed by atoms with van der Waals surface area (Å²) in [6.07, 6.45) is 5.33. The van der Waals surface area contributed by atoms with E-state index < -0.39 is 36.3 Å². The van der Waals surface area contributed by atoms with Crippen molar-refractivity contribution in [2.24, 2.45) is 23.7 Å². The van der Waals surface area contributed by atoms with Crippen LogP contribution in [-0.2, 0) is 28.5 Å². The van der Waals surface area contributed by atoms with Crippen LogP contribution in [0.2, 0.25) is 0 Å². The van der Waals surface area contributed by atoms with E-state index in [9.17, 15) is 19.2 Å². The Morgan fingerprint density at radius 1 is 0.889 bits per heavy atom. The van der Waals surface area contributed by atoms with E-state index >= 15 is 0 Å². The summed E-state index contributed by atoms with van der Waals surface area (Å²) in [4.78, 5) is 46.8. The Bertz CT molecular complexity index is 786. The maximum absolute atomic E-state index is 12.2. The lowest BCUT2D eigenvalue weighted by molar-refractivity contribution is -0.141. The molecule has 0 aromatic rings.